The van der Waals surface area contributed by atoms with Gasteiger partial charge in [-0.3, -0.25) is 0 Å². The van der Waals surface area contributed by atoms with E-state index in [0.29, 0.717) is 16.5 Å². The number of aliphatic hydroxyl groups is 2. The lowest BCUT2D eigenvalue weighted by Gasteiger charge is -2.37. The van der Waals surface area contributed by atoms with Gasteiger partial charge >= 0.3 is 0 Å². The molecule has 0 aromatic carbocycles. The molecule has 0 amide bonds. The van der Waals surface area contributed by atoms with Crippen LogP contribution in [-0.4, -0.2) is 57.9 Å². The van der Waals surface area contributed by atoms with Crippen LogP contribution in [-0.2, 0) is 14.2 Å². The Morgan fingerprint density at radius 3 is 1.44 bits per heavy atom. The van der Waals surface area contributed by atoms with E-state index in [1.165, 1.54) is 122 Å². The van der Waals surface area contributed by atoms with Gasteiger partial charge in [0.05, 0.1) is 6.61 Å². The van der Waals surface area contributed by atoms with Gasteiger partial charge in [0.1, 0.15) is 24.9 Å². The molecular formula is C34H64O5S2. The van der Waals surface area contributed by atoms with Crippen LogP contribution in [0.25, 0.3) is 0 Å². The van der Waals surface area contributed by atoms with Crippen molar-refractivity contribution in [3.63, 3.8) is 0 Å². The van der Waals surface area contributed by atoms with Crippen molar-refractivity contribution in [3.8, 4) is 0 Å². The maximum Gasteiger partial charge on any atom is 0.160 e. The molecule has 7 heteroatoms. The summed E-state index contributed by atoms with van der Waals surface area (Å²) in [5.74, 6) is 0. The van der Waals surface area contributed by atoms with Gasteiger partial charge in [-0.15, -0.1) is 0 Å². The van der Waals surface area contributed by atoms with E-state index in [-0.39, 0.29) is 13.2 Å². The summed E-state index contributed by atoms with van der Waals surface area (Å²) in [7, 11) is 0. The lowest BCUT2D eigenvalue weighted by Crippen LogP contribution is -2.56. The van der Waals surface area contributed by atoms with Gasteiger partial charge in [-0.25, -0.2) is 0 Å². The molecule has 1 rings (SSSR count). The molecule has 1 saturated heterocycles. The van der Waals surface area contributed by atoms with E-state index in [9.17, 15) is 10.2 Å². The van der Waals surface area contributed by atoms with Crippen LogP contribution in [0.15, 0.2) is 0 Å². The van der Waals surface area contributed by atoms with E-state index >= 15 is 0 Å². The molecule has 0 bridgehead atoms. The summed E-state index contributed by atoms with van der Waals surface area (Å²) < 4.78 is 17.2. The zero-order valence-corrected chi connectivity index (χ0v) is 28.3. The van der Waals surface area contributed by atoms with Gasteiger partial charge in [-0.05, 0) is 37.3 Å². The smallest absolute Gasteiger partial charge is 0.160 e. The van der Waals surface area contributed by atoms with Crippen molar-refractivity contribution in [2.24, 2.45) is 0 Å². The number of hydrogen-bond acceptors (Lipinski definition) is 7. The van der Waals surface area contributed by atoms with Crippen LogP contribution in [0.3, 0.4) is 0 Å². The van der Waals surface area contributed by atoms with E-state index in [2.05, 4.69) is 13.8 Å². The van der Waals surface area contributed by atoms with Crippen LogP contribution < -0.4 is 0 Å². The van der Waals surface area contributed by atoms with Crippen LogP contribution >= 0.6 is 24.4 Å². The number of hydrogen-bond donors (Lipinski definition) is 2. The van der Waals surface area contributed by atoms with Crippen molar-refractivity contribution < 1.29 is 24.4 Å². The molecule has 41 heavy (non-hydrogen) atoms. The van der Waals surface area contributed by atoms with Gasteiger partial charge < -0.3 is 24.4 Å². The summed E-state index contributed by atoms with van der Waals surface area (Å²) in [6, 6.07) is 0. The average molecular weight is 617 g/mol. The van der Waals surface area contributed by atoms with E-state index in [1.807, 2.05) is 0 Å². The fourth-order valence-electron chi connectivity index (χ4n) is 5.47. The minimum atomic E-state index is -1.02. The normalized spacial score (nSPS) is 20.7. The van der Waals surface area contributed by atoms with Gasteiger partial charge in [0.2, 0.25) is 0 Å². The average Bonchev–Trinajstić information content (AvgIpc) is 2.96. The number of unbranched alkanes of at least 4 members (excludes halogenated alkanes) is 20. The van der Waals surface area contributed by atoms with E-state index in [4.69, 9.17) is 38.6 Å². The number of thiocarbonyl (C=S) groups is 2. The van der Waals surface area contributed by atoms with Gasteiger partial charge in [0.15, 0.2) is 16.2 Å². The van der Waals surface area contributed by atoms with Crippen molar-refractivity contribution in [2.45, 2.75) is 192 Å². The van der Waals surface area contributed by atoms with E-state index < -0.39 is 24.4 Å². The van der Waals surface area contributed by atoms with Gasteiger partial charge in [-0.2, -0.15) is 0 Å². The maximum atomic E-state index is 10.8. The van der Waals surface area contributed by atoms with Gasteiger partial charge in [0.25, 0.3) is 0 Å². The quantitative estimate of drug-likeness (QED) is 0.0703. The third-order valence-corrected chi connectivity index (χ3v) is 8.85. The van der Waals surface area contributed by atoms with Crippen molar-refractivity contribution in [2.75, 3.05) is 13.2 Å². The van der Waals surface area contributed by atoms with Gasteiger partial charge in [-0.1, -0.05) is 142 Å². The molecule has 5 nitrogen and oxygen atoms in total. The molecule has 0 aromatic heterocycles. The number of ether oxygens (including phenoxy) is 3. The fraction of sp³-hybridized carbons (Fsp3) is 0.941. The lowest BCUT2D eigenvalue weighted by molar-refractivity contribution is -0.189. The molecule has 0 aromatic rings. The second-order valence-corrected chi connectivity index (χ2v) is 13.0. The molecule has 242 valence electrons. The highest BCUT2D eigenvalue weighted by atomic mass is 32.1. The standard InChI is InChI=1S/C34H64O5S2/c1-3-5-7-9-11-13-15-17-19-21-23-25-31(40)38-28-30-33(36)34(29(35)27-37-30)39-32(41)26-24-22-20-18-16-14-12-10-8-6-4-2/h29-30,33-36H,3-28H2,1-2H3/t29-,30+,33+,34+/m1/s1. The summed E-state index contributed by atoms with van der Waals surface area (Å²) >= 11 is 10.8. The second kappa shape index (κ2) is 27.2. The first-order valence-corrected chi connectivity index (χ1v) is 18.1. The molecule has 1 fully saturated rings. The highest BCUT2D eigenvalue weighted by Crippen LogP contribution is 2.21. The molecule has 1 heterocycles. The van der Waals surface area contributed by atoms with Crippen LogP contribution in [0.4, 0.5) is 0 Å². The largest absolute Gasteiger partial charge is 0.484 e. The minimum Gasteiger partial charge on any atom is -0.484 e. The molecule has 1 aliphatic heterocycles. The second-order valence-electron chi connectivity index (χ2n) is 12.1. The maximum absolute atomic E-state index is 10.8. The monoisotopic (exact) mass is 616 g/mol. The lowest BCUT2D eigenvalue weighted by atomic mass is 10.00. The van der Waals surface area contributed by atoms with Crippen molar-refractivity contribution in [1.82, 2.24) is 0 Å². The van der Waals surface area contributed by atoms with Gasteiger partial charge in [0, 0.05) is 12.8 Å². The highest BCUT2D eigenvalue weighted by Gasteiger charge is 2.41. The molecule has 0 spiro atoms. The highest BCUT2D eigenvalue weighted by molar-refractivity contribution is 7.80. The van der Waals surface area contributed by atoms with Crippen LogP contribution in [0.1, 0.15) is 168 Å². The van der Waals surface area contributed by atoms with Crippen molar-refractivity contribution >= 4 is 34.5 Å². The zero-order valence-electron chi connectivity index (χ0n) is 26.6. The first kappa shape index (κ1) is 38.7. The third-order valence-electron chi connectivity index (χ3n) is 8.22. The molecule has 0 aliphatic carbocycles. The summed E-state index contributed by atoms with van der Waals surface area (Å²) in [6.07, 6.45) is 26.4. The molecule has 0 radical (unpaired) electrons. The Bertz CT molecular complexity index is 632. The Morgan fingerprint density at radius 2 is 1.00 bits per heavy atom. The summed E-state index contributed by atoms with van der Waals surface area (Å²) in [5.41, 5.74) is 0. The van der Waals surface area contributed by atoms with Crippen LogP contribution in [0.5, 0.6) is 0 Å². The minimum absolute atomic E-state index is 0.0855. The Labute approximate surface area is 263 Å². The summed E-state index contributed by atoms with van der Waals surface area (Å²) in [6.45, 7) is 4.77. The number of aliphatic hydroxyl groups excluding tert-OH is 2. The Balaban J connectivity index is 2.10. The van der Waals surface area contributed by atoms with Crippen molar-refractivity contribution in [1.29, 1.82) is 0 Å². The molecule has 4 atom stereocenters. The predicted molar refractivity (Wildman–Crippen MR) is 180 cm³/mol. The zero-order chi connectivity index (χ0) is 30.0. The Kier molecular flexibility index (Phi) is 25.7. The van der Waals surface area contributed by atoms with Crippen molar-refractivity contribution in [3.05, 3.63) is 0 Å². The summed E-state index contributed by atoms with van der Waals surface area (Å²) in [4.78, 5) is 0. The Morgan fingerprint density at radius 1 is 0.610 bits per heavy atom. The molecular weight excluding hydrogens is 553 g/mol. The van der Waals surface area contributed by atoms with E-state index in [0.717, 1.165) is 25.7 Å². The molecule has 0 saturated carbocycles. The van der Waals surface area contributed by atoms with Crippen LogP contribution in [0.2, 0.25) is 0 Å². The summed E-state index contributed by atoms with van der Waals surface area (Å²) in [5, 5.41) is 22.2. The predicted octanol–water partition coefficient (Wildman–Crippen LogP) is 9.57. The fourth-order valence-corrected chi connectivity index (χ4v) is 5.94. The number of rotatable bonds is 27. The molecule has 1 aliphatic rings. The van der Waals surface area contributed by atoms with E-state index in [1.54, 1.807) is 0 Å². The topological polar surface area (TPSA) is 68.2 Å². The van der Waals surface area contributed by atoms with Crippen LogP contribution in [0, 0.1) is 0 Å². The Hall–Kier alpha value is -0.340. The SMILES string of the molecule is CCCCCCCCCCCCCC(=S)OC[C@@H]1OC[C@@H](O)[C@H](OC(=S)CCCCCCCCCCCCC)[C@H]1O. The third kappa shape index (κ3) is 21.1. The first-order valence-electron chi connectivity index (χ1n) is 17.3. The first-order chi connectivity index (χ1) is 20.0. The molecule has 0 unspecified atom stereocenters. The molecule has 2 N–H and O–H groups in total.